The zero-order chi connectivity index (χ0) is 7.65. The van der Waals surface area contributed by atoms with Crippen LogP contribution in [0.3, 0.4) is 0 Å². The van der Waals surface area contributed by atoms with Crippen molar-refractivity contribution in [3.05, 3.63) is 0 Å². The van der Waals surface area contributed by atoms with Crippen LogP contribution in [0.1, 0.15) is 33.6 Å². The molecule has 0 aromatic carbocycles. The maximum Gasteiger partial charge on any atom is -0.0108 e. The molecule has 4 aliphatic rings. The van der Waals surface area contributed by atoms with E-state index in [1.54, 1.807) is 12.8 Å². The molecule has 0 N–H and O–H groups in total. The van der Waals surface area contributed by atoms with Crippen LogP contribution in [0.4, 0.5) is 0 Å². The molecule has 4 saturated carbocycles. The fraction of sp³-hybridized carbons (Fsp3) is 1.00. The molecule has 0 saturated heterocycles. The molecule has 0 aliphatic heterocycles. The Bertz CT molecular complexity index is 278. The standard InChI is InChI=1S/C11H16/c1-6-8-10(3)9(2,7-4-5-7)11(6,8)10/h6-8H,4-5H2,1-3H3. The van der Waals surface area contributed by atoms with Gasteiger partial charge in [-0.25, -0.2) is 0 Å². The largest absolute Gasteiger partial charge is 0.0616 e. The quantitative estimate of drug-likeness (QED) is 0.536. The van der Waals surface area contributed by atoms with Gasteiger partial charge in [-0.15, -0.1) is 0 Å². The average molecular weight is 148 g/mol. The summed E-state index contributed by atoms with van der Waals surface area (Å²) in [6.07, 6.45) is 3.10. The Morgan fingerprint density at radius 1 is 1.09 bits per heavy atom. The molecular formula is C11H16. The molecule has 0 heterocycles. The highest BCUT2D eigenvalue weighted by molar-refractivity contribution is 5.60. The van der Waals surface area contributed by atoms with Crippen molar-refractivity contribution in [3.8, 4) is 0 Å². The zero-order valence-electron chi connectivity index (χ0n) is 7.65. The van der Waals surface area contributed by atoms with Gasteiger partial charge in [0.15, 0.2) is 0 Å². The van der Waals surface area contributed by atoms with Gasteiger partial charge in [-0.2, -0.15) is 0 Å². The van der Waals surface area contributed by atoms with Crippen LogP contribution in [-0.2, 0) is 0 Å². The second-order valence-corrected chi connectivity index (χ2v) is 5.81. The minimum Gasteiger partial charge on any atom is -0.0616 e. The molecule has 5 unspecified atom stereocenters. The Balaban J connectivity index is 1.80. The van der Waals surface area contributed by atoms with Gasteiger partial charge in [0.1, 0.15) is 0 Å². The van der Waals surface area contributed by atoms with Crippen LogP contribution in [0.25, 0.3) is 0 Å². The van der Waals surface area contributed by atoms with Crippen LogP contribution in [0.15, 0.2) is 0 Å². The molecule has 5 atom stereocenters. The third-order valence-electron chi connectivity index (χ3n) is 6.27. The van der Waals surface area contributed by atoms with Gasteiger partial charge < -0.3 is 0 Å². The van der Waals surface area contributed by atoms with E-state index in [1.165, 1.54) is 5.92 Å². The van der Waals surface area contributed by atoms with E-state index in [0.717, 1.165) is 28.1 Å². The predicted molar refractivity (Wildman–Crippen MR) is 44.0 cm³/mol. The van der Waals surface area contributed by atoms with Crippen molar-refractivity contribution in [2.24, 2.45) is 34.0 Å². The second kappa shape index (κ2) is 0.963. The Morgan fingerprint density at radius 3 is 2.00 bits per heavy atom. The first-order chi connectivity index (χ1) is 5.13. The molecule has 4 rings (SSSR count). The third kappa shape index (κ3) is 0.237. The number of hydrogen-bond acceptors (Lipinski definition) is 0. The number of hydrogen-bond donors (Lipinski definition) is 0. The van der Waals surface area contributed by atoms with Crippen LogP contribution in [0.2, 0.25) is 0 Å². The number of rotatable bonds is 1. The van der Waals surface area contributed by atoms with Crippen molar-refractivity contribution < 1.29 is 0 Å². The van der Waals surface area contributed by atoms with Crippen LogP contribution in [0, 0.1) is 34.0 Å². The third-order valence-corrected chi connectivity index (χ3v) is 6.27. The molecule has 4 fully saturated rings. The molecule has 11 heavy (non-hydrogen) atoms. The Morgan fingerprint density at radius 2 is 1.73 bits per heavy atom. The number of fused-ring (bicyclic) bond motifs is 1. The van der Waals surface area contributed by atoms with Crippen LogP contribution < -0.4 is 0 Å². The summed E-state index contributed by atoms with van der Waals surface area (Å²) in [4.78, 5) is 0. The fourth-order valence-electron chi connectivity index (χ4n) is 5.62. The van der Waals surface area contributed by atoms with Gasteiger partial charge in [0.25, 0.3) is 0 Å². The van der Waals surface area contributed by atoms with Crippen molar-refractivity contribution in [3.63, 3.8) is 0 Å². The summed E-state index contributed by atoms with van der Waals surface area (Å²) < 4.78 is 0. The molecule has 0 amide bonds. The highest BCUT2D eigenvalue weighted by Gasteiger charge is 3.14. The Kier molecular flexibility index (Phi) is 0.491. The van der Waals surface area contributed by atoms with Gasteiger partial charge in [-0.1, -0.05) is 20.8 Å². The van der Waals surface area contributed by atoms with E-state index < -0.39 is 0 Å². The van der Waals surface area contributed by atoms with Crippen molar-refractivity contribution >= 4 is 0 Å². The van der Waals surface area contributed by atoms with Crippen molar-refractivity contribution in [2.75, 3.05) is 0 Å². The molecule has 4 aliphatic carbocycles. The SMILES string of the molecule is CC1C2C3(C)C(C)(C4CC4)C123. The highest BCUT2D eigenvalue weighted by atomic mass is 15.2. The van der Waals surface area contributed by atoms with Gasteiger partial charge in [-0.3, -0.25) is 0 Å². The highest BCUT2D eigenvalue weighted by Crippen LogP contribution is 3.17. The van der Waals surface area contributed by atoms with Gasteiger partial charge >= 0.3 is 0 Å². The van der Waals surface area contributed by atoms with Crippen molar-refractivity contribution in [1.82, 2.24) is 0 Å². The molecule has 0 bridgehead atoms. The maximum absolute atomic E-state index is 2.57. The molecular weight excluding hydrogens is 132 g/mol. The molecule has 0 aromatic heterocycles. The monoisotopic (exact) mass is 148 g/mol. The lowest BCUT2D eigenvalue weighted by Gasteiger charge is -2.18. The van der Waals surface area contributed by atoms with Gasteiger partial charge in [-0.05, 0) is 46.8 Å². The van der Waals surface area contributed by atoms with E-state index in [2.05, 4.69) is 20.8 Å². The summed E-state index contributed by atoms with van der Waals surface area (Å²) in [5.74, 6) is 3.44. The van der Waals surface area contributed by atoms with E-state index in [9.17, 15) is 0 Å². The summed E-state index contributed by atoms with van der Waals surface area (Å²) in [6, 6.07) is 0. The molecule has 0 nitrogen and oxygen atoms in total. The van der Waals surface area contributed by atoms with Crippen LogP contribution in [0.5, 0.6) is 0 Å². The average Bonchev–Trinajstić information content (AvgIpc) is 2.79. The van der Waals surface area contributed by atoms with Crippen molar-refractivity contribution in [2.45, 2.75) is 33.6 Å². The summed E-state index contributed by atoms with van der Waals surface area (Å²) in [5.41, 5.74) is 2.62. The summed E-state index contributed by atoms with van der Waals surface area (Å²) in [6.45, 7) is 7.60. The molecule has 0 radical (unpaired) electrons. The lowest BCUT2D eigenvalue weighted by molar-refractivity contribution is 0.285. The molecule has 0 aromatic rings. The van der Waals surface area contributed by atoms with E-state index in [0.29, 0.717) is 0 Å². The van der Waals surface area contributed by atoms with E-state index in [1.807, 2.05) is 0 Å². The maximum atomic E-state index is 2.57. The fourth-order valence-corrected chi connectivity index (χ4v) is 5.62. The van der Waals surface area contributed by atoms with E-state index in [4.69, 9.17) is 0 Å². The van der Waals surface area contributed by atoms with Gasteiger partial charge in [0.05, 0.1) is 0 Å². The molecule has 0 heteroatoms. The van der Waals surface area contributed by atoms with Crippen molar-refractivity contribution in [1.29, 1.82) is 0 Å². The normalized spacial score (nSPS) is 82.1. The summed E-state index contributed by atoms with van der Waals surface area (Å²) >= 11 is 0. The zero-order valence-corrected chi connectivity index (χ0v) is 7.65. The van der Waals surface area contributed by atoms with Crippen LogP contribution >= 0.6 is 0 Å². The second-order valence-electron chi connectivity index (χ2n) is 5.81. The minimum absolute atomic E-state index is 0.837. The first-order valence-electron chi connectivity index (χ1n) is 5.13. The summed E-state index contributed by atoms with van der Waals surface area (Å²) in [5, 5.41) is 0. The summed E-state index contributed by atoms with van der Waals surface area (Å²) in [7, 11) is 0. The molecule has 1 spiro atoms. The Hall–Kier alpha value is 0. The van der Waals surface area contributed by atoms with Gasteiger partial charge in [0, 0.05) is 0 Å². The lowest BCUT2D eigenvalue weighted by atomic mass is 9.85. The van der Waals surface area contributed by atoms with Gasteiger partial charge in [0.2, 0.25) is 0 Å². The van der Waals surface area contributed by atoms with E-state index in [-0.39, 0.29) is 0 Å². The lowest BCUT2D eigenvalue weighted by Crippen LogP contribution is -2.14. The predicted octanol–water partition coefficient (Wildman–Crippen LogP) is 2.69. The first-order valence-corrected chi connectivity index (χ1v) is 5.13. The Labute approximate surface area is 68.4 Å². The van der Waals surface area contributed by atoms with E-state index >= 15 is 0 Å². The van der Waals surface area contributed by atoms with Crippen LogP contribution in [-0.4, -0.2) is 0 Å². The smallest absolute Gasteiger partial charge is 0.0108 e. The minimum atomic E-state index is 0.837. The molecule has 60 valence electrons. The topological polar surface area (TPSA) is 0 Å². The first kappa shape index (κ1) is 5.61.